The molecule has 0 amide bonds. The second-order valence-corrected chi connectivity index (χ2v) is 11.1. The van der Waals surface area contributed by atoms with Crippen LogP contribution in [0.2, 0.25) is 0 Å². The van der Waals surface area contributed by atoms with Crippen LogP contribution in [0.25, 0.3) is 88.0 Å². The van der Waals surface area contributed by atoms with Gasteiger partial charge in [0.2, 0.25) is 0 Å². The molecule has 10 rings (SSSR count). The molecular weight excluding hydrogens is 512 g/mol. The zero-order chi connectivity index (χ0) is 27.4. The largest absolute Gasteiger partial charge is 0.309 e. The maximum atomic E-state index is 5.21. The van der Waals surface area contributed by atoms with Gasteiger partial charge in [-0.25, -0.2) is 9.97 Å². The molecule has 4 heterocycles. The molecule has 0 radical (unpaired) electrons. The quantitative estimate of drug-likeness (QED) is 0.221. The van der Waals surface area contributed by atoms with Crippen molar-refractivity contribution in [1.82, 2.24) is 18.9 Å². The Morgan fingerprint density at radius 3 is 1.90 bits per heavy atom. The number of fused-ring (bicyclic) bond motifs is 10. The van der Waals surface area contributed by atoms with Crippen LogP contribution in [0.3, 0.4) is 0 Å². The number of hydrogen-bond donors (Lipinski definition) is 0. The first-order valence-electron chi connectivity index (χ1n) is 14.3. The van der Waals surface area contributed by atoms with E-state index in [0.29, 0.717) is 0 Å². The van der Waals surface area contributed by atoms with E-state index in [4.69, 9.17) is 9.97 Å². The van der Waals surface area contributed by atoms with E-state index in [0.717, 1.165) is 38.8 Å². The summed E-state index contributed by atoms with van der Waals surface area (Å²) in [5.74, 6) is 0. The fourth-order valence-electron chi connectivity index (χ4n) is 6.99. The zero-order valence-electron chi connectivity index (χ0n) is 22.5. The Kier molecular flexibility index (Phi) is 4.15. The van der Waals surface area contributed by atoms with Gasteiger partial charge in [-0.1, -0.05) is 78.9 Å². The number of aromatic nitrogens is 4. The summed E-state index contributed by atoms with van der Waals surface area (Å²) < 4.78 is 4.74. The molecule has 42 heavy (non-hydrogen) atoms. The maximum absolute atomic E-state index is 5.21. The van der Waals surface area contributed by atoms with Gasteiger partial charge in [-0.15, -0.1) is 0 Å². The average Bonchev–Trinajstić information content (AvgIpc) is 3.67. The van der Waals surface area contributed by atoms with Crippen LogP contribution < -0.4 is 0 Å². The molecular formula is C38H22N4. The van der Waals surface area contributed by atoms with Gasteiger partial charge in [0.25, 0.3) is 0 Å². The van der Waals surface area contributed by atoms with Gasteiger partial charge in [0, 0.05) is 32.6 Å². The molecule has 0 unspecified atom stereocenters. The summed E-state index contributed by atoms with van der Waals surface area (Å²) in [7, 11) is 0. The Hall–Kier alpha value is -5.74. The van der Waals surface area contributed by atoms with Crippen LogP contribution in [-0.4, -0.2) is 18.9 Å². The third-order valence-corrected chi connectivity index (χ3v) is 8.80. The molecule has 0 atom stereocenters. The molecule has 0 N–H and O–H groups in total. The van der Waals surface area contributed by atoms with Crippen molar-refractivity contribution < 1.29 is 0 Å². The third-order valence-electron chi connectivity index (χ3n) is 8.80. The minimum atomic E-state index is 0.903. The summed E-state index contributed by atoms with van der Waals surface area (Å²) >= 11 is 0. The van der Waals surface area contributed by atoms with Gasteiger partial charge in [0.05, 0.1) is 33.1 Å². The van der Waals surface area contributed by atoms with E-state index < -0.39 is 0 Å². The molecule has 4 heteroatoms. The van der Waals surface area contributed by atoms with E-state index >= 15 is 0 Å². The minimum absolute atomic E-state index is 0.903. The van der Waals surface area contributed by atoms with Crippen LogP contribution in [0.1, 0.15) is 0 Å². The van der Waals surface area contributed by atoms with E-state index in [-0.39, 0.29) is 0 Å². The van der Waals surface area contributed by atoms with Gasteiger partial charge in [-0.3, -0.25) is 4.40 Å². The molecule has 0 aliphatic heterocycles. The van der Waals surface area contributed by atoms with Crippen molar-refractivity contribution >= 4 is 71.2 Å². The van der Waals surface area contributed by atoms with Crippen molar-refractivity contribution in [3.63, 3.8) is 0 Å². The van der Waals surface area contributed by atoms with Gasteiger partial charge in [-0.05, 0) is 65.7 Å². The van der Waals surface area contributed by atoms with E-state index in [1.165, 1.54) is 49.2 Å². The van der Waals surface area contributed by atoms with E-state index in [1.54, 1.807) is 0 Å². The van der Waals surface area contributed by atoms with Gasteiger partial charge in [-0.2, -0.15) is 0 Å². The maximum Gasteiger partial charge on any atom is 0.165 e. The van der Waals surface area contributed by atoms with E-state index in [1.807, 2.05) is 12.1 Å². The zero-order valence-corrected chi connectivity index (χ0v) is 22.5. The van der Waals surface area contributed by atoms with Crippen molar-refractivity contribution in [1.29, 1.82) is 0 Å². The standard InChI is InChI=1S/C38H22N4/c1-3-11-23(12-4-1)24-19-29-28-22-34-27(26-15-7-10-18-33(26)41(34)25-13-5-2-6-14-25)21-35(28)42-37(29)30(20-24)36-38(42)40-32-17-9-8-16-31(32)39-36/h1-22H. The van der Waals surface area contributed by atoms with Crippen molar-refractivity contribution in [3.8, 4) is 16.8 Å². The molecule has 0 bridgehead atoms. The van der Waals surface area contributed by atoms with Crippen LogP contribution in [-0.2, 0) is 0 Å². The highest BCUT2D eigenvalue weighted by Crippen LogP contribution is 2.44. The Labute approximate surface area is 240 Å². The summed E-state index contributed by atoms with van der Waals surface area (Å²) in [5, 5.41) is 6.04. The summed E-state index contributed by atoms with van der Waals surface area (Å²) in [6, 6.07) is 47.6. The van der Waals surface area contributed by atoms with Gasteiger partial charge in [0.1, 0.15) is 5.52 Å². The fourth-order valence-corrected chi connectivity index (χ4v) is 6.99. The van der Waals surface area contributed by atoms with Crippen LogP contribution >= 0.6 is 0 Å². The van der Waals surface area contributed by atoms with Crippen molar-refractivity contribution in [2.75, 3.05) is 0 Å². The van der Waals surface area contributed by atoms with Gasteiger partial charge in [0.15, 0.2) is 5.65 Å². The van der Waals surface area contributed by atoms with Crippen LogP contribution in [0, 0.1) is 0 Å². The molecule has 4 nitrogen and oxygen atoms in total. The molecule has 10 aromatic rings. The molecule has 0 saturated carbocycles. The predicted octanol–water partition coefficient (Wildman–Crippen LogP) is 9.54. The minimum Gasteiger partial charge on any atom is -0.309 e. The highest BCUT2D eigenvalue weighted by atomic mass is 15.0. The first-order valence-corrected chi connectivity index (χ1v) is 14.3. The lowest BCUT2D eigenvalue weighted by atomic mass is 10.00. The van der Waals surface area contributed by atoms with Gasteiger partial charge < -0.3 is 4.57 Å². The monoisotopic (exact) mass is 534 g/mol. The van der Waals surface area contributed by atoms with Gasteiger partial charge >= 0.3 is 0 Å². The van der Waals surface area contributed by atoms with Crippen LogP contribution in [0.15, 0.2) is 133 Å². The van der Waals surface area contributed by atoms with E-state index in [2.05, 4.69) is 130 Å². The first kappa shape index (κ1) is 22.0. The Balaban J connectivity index is 1.45. The molecule has 194 valence electrons. The molecule has 4 aromatic heterocycles. The topological polar surface area (TPSA) is 35.1 Å². The average molecular weight is 535 g/mol. The fraction of sp³-hybridized carbons (Fsp3) is 0. The first-order chi connectivity index (χ1) is 20.8. The smallest absolute Gasteiger partial charge is 0.165 e. The second-order valence-electron chi connectivity index (χ2n) is 11.1. The lowest BCUT2D eigenvalue weighted by Crippen LogP contribution is -1.93. The molecule has 0 fully saturated rings. The Morgan fingerprint density at radius 1 is 0.429 bits per heavy atom. The predicted molar refractivity (Wildman–Crippen MR) is 174 cm³/mol. The lowest BCUT2D eigenvalue weighted by Gasteiger charge is -2.08. The molecule has 0 spiro atoms. The van der Waals surface area contributed by atoms with Crippen molar-refractivity contribution in [3.05, 3.63) is 133 Å². The van der Waals surface area contributed by atoms with Crippen molar-refractivity contribution in [2.45, 2.75) is 0 Å². The number of rotatable bonds is 2. The molecule has 0 saturated heterocycles. The van der Waals surface area contributed by atoms with E-state index in [9.17, 15) is 0 Å². The summed E-state index contributed by atoms with van der Waals surface area (Å²) in [4.78, 5) is 10.4. The summed E-state index contributed by atoms with van der Waals surface area (Å²) in [6.07, 6.45) is 0. The third kappa shape index (κ3) is 2.80. The normalized spacial score (nSPS) is 12.3. The van der Waals surface area contributed by atoms with Crippen LogP contribution in [0.4, 0.5) is 0 Å². The van der Waals surface area contributed by atoms with Crippen LogP contribution in [0.5, 0.6) is 0 Å². The Morgan fingerprint density at radius 2 is 1.07 bits per heavy atom. The molecule has 6 aromatic carbocycles. The summed E-state index contributed by atoms with van der Waals surface area (Å²) in [6.45, 7) is 0. The Bertz CT molecular complexity index is 2660. The highest BCUT2D eigenvalue weighted by molar-refractivity contribution is 6.26. The van der Waals surface area contributed by atoms with Crippen molar-refractivity contribution in [2.24, 2.45) is 0 Å². The molecule has 0 aliphatic rings. The number of benzene rings is 6. The highest BCUT2D eigenvalue weighted by Gasteiger charge is 2.23. The molecule has 0 aliphatic carbocycles. The number of nitrogens with zero attached hydrogens (tertiary/aromatic N) is 4. The SMILES string of the molecule is c1ccc(-c2cc3c4cc5c(cc4n4c6nc7ccccc7nc6c(c2)c34)c2ccccc2n5-c2ccccc2)cc1. The second kappa shape index (κ2) is 7.93. The summed E-state index contributed by atoms with van der Waals surface area (Å²) in [5.41, 5.74) is 11.9. The lowest BCUT2D eigenvalue weighted by molar-refractivity contribution is 1.18. The number of hydrogen-bond acceptors (Lipinski definition) is 2. The number of para-hydroxylation sites is 4.